The fourth-order valence-corrected chi connectivity index (χ4v) is 2.03. The molecule has 5 heteroatoms. The van der Waals surface area contributed by atoms with E-state index in [1.807, 2.05) is 0 Å². The first-order valence-electron chi connectivity index (χ1n) is 5.60. The fourth-order valence-electron chi connectivity index (χ4n) is 1.85. The molecule has 3 nitrogen and oxygen atoms in total. The number of rotatable bonds is 3. The van der Waals surface area contributed by atoms with Crippen molar-refractivity contribution in [2.75, 3.05) is 12.8 Å². The number of methoxy groups -OCH3 is 1. The molecule has 0 heterocycles. The maximum absolute atomic E-state index is 14.1. The summed E-state index contributed by atoms with van der Waals surface area (Å²) in [5.41, 5.74) is 6.57. The van der Waals surface area contributed by atoms with Gasteiger partial charge in [0.2, 0.25) is 0 Å². The lowest BCUT2D eigenvalue weighted by atomic mass is 9.99. The summed E-state index contributed by atoms with van der Waals surface area (Å²) in [7, 11) is 1.36. The Balaban J connectivity index is 2.50. The number of nitrogens with two attached hydrogens (primary N) is 1. The zero-order valence-electron chi connectivity index (χ0n) is 10.2. The standard InChI is InChI=1S/C14H13ClFNO2/c1-19-12-4-2-3-9(13(12)16)14(18)10-7-8(15)5-6-11(10)17/h2-7,14,18H,17H2,1H3. The second-order valence-electron chi connectivity index (χ2n) is 4.04. The molecule has 0 saturated carbocycles. The van der Waals surface area contributed by atoms with Crippen molar-refractivity contribution in [1.82, 2.24) is 0 Å². The maximum atomic E-state index is 14.1. The number of benzene rings is 2. The lowest BCUT2D eigenvalue weighted by molar-refractivity contribution is 0.214. The summed E-state index contributed by atoms with van der Waals surface area (Å²) in [6.45, 7) is 0. The topological polar surface area (TPSA) is 55.5 Å². The Morgan fingerprint density at radius 2 is 2.00 bits per heavy atom. The highest BCUT2D eigenvalue weighted by molar-refractivity contribution is 6.30. The molecule has 2 aromatic carbocycles. The normalized spacial score (nSPS) is 12.2. The molecule has 2 rings (SSSR count). The number of aliphatic hydroxyl groups is 1. The summed E-state index contributed by atoms with van der Waals surface area (Å²) in [5.74, 6) is -0.547. The summed E-state index contributed by atoms with van der Waals surface area (Å²) >= 11 is 5.86. The van der Waals surface area contributed by atoms with Gasteiger partial charge >= 0.3 is 0 Å². The fraction of sp³-hybridized carbons (Fsp3) is 0.143. The minimum Gasteiger partial charge on any atom is -0.494 e. The molecular formula is C14H13ClFNO2. The summed E-state index contributed by atoms with van der Waals surface area (Å²) in [6.07, 6.45) is -1.20. The van der Waals surface area contributed by atoms with Gasteiger partial charge < -0.3 is 15.6 Å². The number of hydrogen-bond donors (Lipinski definition) is 2. The van der Waals surface area contributed by atoms with Gasteiger partial charge in [0.25, 0.3) is 0 Å². The lowest BCUT2D eigenvalue weighted by Crippen LogP contribution is -2.06. The third kappa shape index (κ3) is 2.64. The van der Waals surface area contributed by atoms with E-state index in [1.54, 1.807) is 18.2 Å². The van der Waals surface area contributed by atoms with E-state index in [1.165, 1.54) is 25.3 Å². The van der Waals surface area contributed by atoms with E-state index in [0.717, 1.165) is 0 Å². The van der Waals surface area contributed by atoms with Gasteiger partial charge in [-0.25, -0.2) is 4.39 Å². The quantitative estimate of drug-likeness (QED) is 0.850. The SMILES string of the molecule is COc1cccc(C(O)c2cc(Cl)ccc2N)c1F. The Bertz CT molecular complexity index is 604. The first-order chi connectivity index (χ1) is 9.04. The highest BCUT2D eigenvalue weighted by Crippen LogP contribution is 2.33. The van der Waals surface area contributed by atoms with Gasteiger partial charge in [-0.05, 0) is 24.3 Å². The Kier molecular flexibility index (Phi) is 3.93. The van der Waals surface area contributed by atoms with Crippen molar-refractivity contribution < 1.29 is 14.2 Å². The second-order valence-corrected chi connectivity index (χ2v) is 4.48. The lowest BCUT2D eigenvalue weighted by Gasteiger charge is -2.16. The molecule has 0 amide bonds. The van der Waals surface area contributed by atoms with Gasteiger partial charge in [-0.3, -0.25) is 0 Å². The van der Waals surface area contributed by atoms with Crippen LogP contribution in [0.5, 0.6) is 5.75 Å². The third-order valence-corrected chi connectivity index (χ3v) is 3.09. The van der Waals surface area contributed by atoms with E-state index >= 15 is 0 Å². The van der Waals surface area contributed by atoms with Crippen molar-refractivity contribution in [1.29, 1.82) is 0 Å². The second kappa shape index (κ2) is 5.47. The predicted octanol–water partition coefficient (Wildman–Crippen LogP) is 3.15. The number of anilines is 1. The molecule has 0 saturated heterocycles. The van der Waals surface area contributed by atoms with Crippen LogP contribution < -0.4 is 10.5 Å². The molecule has 0 radical (unpaired) electrons. The molecule has 0 bridgehead atoms. The first-order valence-corrected chi connectivity index (χ1v) is 5.97. The van der Waals surface area contributed by atoms with Crippen LogP contribution in [0.2, 0.25) is 5.02 Å². The maximum Gasteiger partial charge on any atom is 0.171 e. The zero-order valence-corrected chi connectivity index (χ0v) is 11.0. The van der Waals surface area contributed by atoms with Gasteiger partial charge in [-0.15, -0.1) is 0 Å². The summed E-state index contributed by atoms with van der Waals surface area (Å²) in [6, 6.07) is 9.24. The van der Waals surface area contributed by atoms with Gasteiger partial charge in [0.05, 0.1) is 7.11 Å². The number of ether oxygens (including phenoxy) is 1. The van der Waals surface area contributed by atoms with Crippen molar-refractivity contribution in [2.24, 2.45) is 0 Å². The molecule has 3 N–H and O–H groups in total. The molecule has 0 spiro atoms. The smallest absolute Gasteiger partial charge is 0.171 e. The molecule has 1 atom stereocenters. The molecule has 0 aromatic heterocycles. The molecule has 1 unspecified atom stereocenters. The van der Waals surface area contributed by atoms with Crippen LogP contribution in [0, 0.1) is 5.82 Å². The monoisotopic (exact) mass is 281 g/mol. The average Bonchev–Trinajstić information content (AvgIpc) is 2.41. The molecule has 2 aromatic rings. The first kappa shape index (κ1) is 13.6. The number of aliphatic hydroxyl groups excluding tert-OH is 1. The molecule has 100 valence electrons. The van der Waals surface area contributed by atoms with Crippen LogP contribution in [0.3, 0.4) is 0 Å². The van der Waals surface area contributed by atoms with Crippen LogP contribution in [0.1, 0.15) is 17.2 Å². The van der Waals surface area contributed by atoms with Crippen molar-refractivity contribution in [3.05, 3.63) is 58.4 Å². The summed E-state index contributed by atoms with van der Waals surface area (Å²) in [4.78, 5) is 0. The summed E-state index contributed by atoms with van der Waals surface area (Å²) < 4.78 is 19.0. The number of hydrogen-bond acceptors (Lipinski definition) is 3. The highest BCUT2D eigenvalue weighted by atomic mass is 35.5. The van der Waals surface area contributed by atoms with Crippen LogP contribution in [0.15, 0.2) is 36.4 Å². The Hall–Kier alpha value is -1.78. The summed E-state index contributed by atoms with van der Waals surface area (Å²) in [5, 5.41) is 10.7. The molecule has 0 aliphatic rings. The van der Waals surface area contributed by atoms with E-state index in [9.17, 15) is 9.50 Å². The van der Waals surface area contributed by atoms with Gasteiger partial charge in [-0.1, -0.05) is 23.7 Å². The van der Waals surface area contributed by atoms with E-state index in [2.05, 4.69) is 0 Å². The van der Waals surface area contributed by atoms with Gasteiger partial charge in [-0.2, -0.15) is 0 Å². The van der Waals surface area contributed by atoms with E-state index in [0.29, 0.717) is 16.3 Å². The van der Waals surface area contributed by atoms with Crippen molar-refractivity contribution in [3.8, 4) is 5.75 Å². The van der Waals surface area contributed by atoms with Crippen LogP contribution in [-0.4, -0.2) is 12.2 Å². The van der Waals surface area contributed by atoms with Crippen molar-refractivity contribution in [3.63, 3.8) is 0 Å². The Morgan fingerprint density at radius 1 is 1.26 bits per heavy atom. The minimum atomic E-state index is -1.20. The molecule has 0 aliphatic heterocycles. The number of nitrogen functional groups attached to an aromatic ring is 1. The molecule has 0 aliphatic carbocycles. The Labute approximate surface area is 115 Å². The Morgan fingerprint density at radius 3 is 2.68 bits per heavy atom. The predicted molar refractivity (Wildman–Crippen MR) is 72.9 cm³/mol. The highest BCUT2D eigenvalue weighted by Gasteiger charge is 2.20. The van der Waals surface area contributed by atoms with Gasteiger partial charge in [0, 0.05) is 21.8 Å². The van der Waals surface area contributed by atoms with Crippen molar-refractivity contribution in [2.45, 2.75) is 6.10 Å². The van der Waals surface area contributed by atoms with Gasteiger partial charge in [0.15, 0.2) is 11.6 Å². The van der Waals surface area contributed by atoms with E-state index in [-0.39, 0.29) is 11.3 Å². The number of halogens is 2. The molecular weight excluding hydrogens is 269 g/mol. The van der Waals surface area contributed by atoms with Crippen molar-refractivity contribution >= 4 is 17.3 Å². The average molecular weight is 282 g/mol. The van der Waals surface area contributed by atoms with Crippen LogP contribution in [0.4, 0.5) is 10.1 Å². The van der Waals surface area contributed by atoms with E-state index in [4.69, 9.17) is 22.1 Å². The minimum absolute atomic E-state index is 0.0668. The molecule has 0 fully saturated rings. The third-order valence-electron chi connectivity index (χ3n) is 2.85. The van der Waals surface area contributed by atoms with Crippen LogP contribution in [-0.2, 0) is 0 Å². The van der Waals surface area contributed by atoms with Gasteiger partial charge in [0.1, 0.15) is 6.10 Å². The largest absolute Gasteiger partial charge is 0.494 e. The van der Waals surface area contributed by atoms with Crippen LogP contribution in [0.25, 0.3) is 0 Å². The molecule has 19 heavy (non-hydrogen) atoms. The van der Waals surface area contributed by atoms with E-state index < -0.39 is 11.9 Å². The van der Waals surface area contributed by atoms with Crippen LogP contribution >= 0.6 is 11.6 Å². The zero-order chi connectivity index (χ0) is 14.0.